The third kappa shape index (κ3) is 5.35. The predicted molar refractivity (Wildman–Crippen MR) is 130 cm³/mol. The number of primary amides is 1. The van der Waals surface area contributed by atoms with Crippen molar-refractivity contribution >= 4 is 40.3 Å². The molecule has 4 rings (SSSR count). The van der Waals surface area contributed by atoms with Gasteiger partial charge in [0.1, 0.15) is 0 Å². The molecule has 1 fully saturated rings. The second-order valence-electron chi connectivity index (χ2n) is 8.30. The van der Waals surface area contributed by atoms with Crippen LogP contribution in [-0.4, -0.2) is 70.4 Å². The third-order valence-electron chi connectivity index (χ3n) is 5.97. The van der Waals surface area contributed by atoms with Crippen molar-refractivity contribution in [3.63, 3.8) is 0 Å². The molecule has 3 N–H and O–H groups in total. The van der Waals surface area contributed by atoms with Crippen molar-refractivity contribution in [2.24, 2.45) is 5.73 Å². The molecule has 0 unspecified atom stereocenters. The second-order valence-corrected chi connectivity index (χ2v) is 8.70. The van der Waals surface area contributed by atoms with Gasteiger partial charge in [-0.15, -0.1) is 0 Å². The molecular formula is C25H25ClN4O4. The summed E-state index contributed by atoms with van der Waals surface area (Å²) in [6.45, 7) is 3.30. The molecule has 1 aliphatic heterocycles. The first-order valence-electron chi connectivity index (χ1n) is 11.1. The summed E-state index contributed by atoms with van der Waals surface area (Å²) in [4.78, 5) is 44.0. The van der Waals surface area contributed by atoms with Crippen molar-refractivity contribution in [2.45, 2.75) is 12.8 Å². The van der Waals surface area contributed by atoms with Gasteiger partial charge >= 0.3 is 5.97 Å². The number of halogens is 1. The number of pyridine rings is 1. The number of fused-ring (bicyclic) bond motifs is 1. The van der Waals surface area contributed by atoms with E-state index in [-0.39, 0.29) is 12.3 Å². The topological polar surface area (TPSA) is 117 Å². The number of carbonyl (C=O) groups is 3. The van der Waals surface area contributed by atoms with E-state index in [0.29, 0.717) is 72.1 Å². The summed E-state index contributed by atoms with van der Waals surface area (Å²) in [5.41, 5.74) is 8.17. The van der Waals surface area contributed by atoms with E-state index in [9.17, 15) is 14.4 Å². The number of nitrogens with two attached hydrogens (primary N) is 1. The lowest BCUT2D eigenvalue weighted by atomic mass is 10.0. The highest BCUT2D eigenvalue weighted by molar-refractivity contribution is 6.35. The summed E-state index contributed by atoms with van der Waals surface area (Å²) in [7, 11) is 0. The van der Waals surface area contributed by atoms with Gasteiger partial charge in [-0.3, -0.25) is 19.3 Å². The molecule has 1 aliphatic rings. The van der Waals surface area contributed by atoms with Gasteiger partial charge in [-0.25, -0.2) is 4.98 Å². The monoisotopic (exact) mass is 480 g/mol. The molecule has 0 saturated carbocycles. The van der Waals surface area contributed by atoms with Crippen molar-refractivity contribution in [1.29, 1.82) is 0 Å². The highest BCUT2D eigenvalue weighted by atomic mass is 35.5. The second kappa shape index (κ2) is 10.2. The van der Waals surface area contributed by atoms with Crippen LogP contribution in [0, 0.1) is 0 Å². The molecular weight excluding hydrogens is 456 g/mol. The van der Waals surface area contributed by atoms with Gasteiger partial charge < -0.3 is 15.7 Å². The minimum Gasteiger partial charge on any atom is -0.481 e. The zero-order valence-corrected chi connectivity index (χ0v) is 19.3. The number of rotatable bonds is 7. The average Bonchev–Trinajstić information content (AvgIpc) is 2.83. The minimum absolute atomic E-state index is 0.0777. The first-order valence-corrected chi connectivity index (χ1v) is 11.4. The van der Waals surface area contributed by atoms with Crippen molar-refractivity contribution in [3.05, 3.63) is 64.7 Å². The van der Waals surface area contributed by atoms with Crippen LogP contribution in [0.4, 0.5) is 0 Å². The molecule has 0 atom stereocenters. The SMILES string of the molecule is NC(=O)c1cccc(-c2cc(Cl)c3ccc(C(=O)N4CCN(CCCC(=O)O)CC4)cc3n2)c1. The Bertz CT molecular complexity index is 1250. The summed E-state index contributed by atoms with van der Waals surface area (Å²) in [5.74, 6) is -1.39. The Hall–Kier alpha value is -3.49. The number of aliphatic carboxylic acids is 1. The fourth-order valence-corrected chi connectivity index (χ4v) is 4.37. The Labute approximate surface area is 201 Å². The van der Waals surface area contributed by atoms with Crippen molar-refractivity contribution in [2.75, 3.05) is 32.7 Å². The number of carboxylic acids is 1. The molecule has 1 aromatic heterocycles. The molecule has 9 heteroatoms. The van der Waals surface area contributed by atoms with E-state index < -0.39 is 11.9 Å². The highest BCUT2D eigenvalue weighted by Crippen LogP contribution is 2.29. The van der Waals surface area contributed by atoms with Gasteiger partial charge in [0.25, 0.3) is 5.91 Å². The predicted octanol–water partition coefficient (Wildman–Crippen LogP) is 3.28. The maximum absolute atomic E-state index is 13.1. The van der Waals surface area contributed by atoms with E-state index in [1.54, 1.807) is 47.4 Å². The molecule has 176 valence electrons. The Morgan fingerprint density at radius 3 is 2.47 bits per heavy atom. The van der Waals surface area contributed by atoms with E-state index >= 15 is 0 Å². The van der Waals surface area contributed by atoms with E-state index in [1.807, 2.05) is 6.07 Å². The van der Waals surface area contributed by atoms with Crippen LogP contribution in [-0.2, 0) is 4.79 Å². The summed E-state index contributed by atoms with van der Waals surface area (Å²) < 4.78 is 0. The van der Waals surface area contributed by atoms with E-state index in [0.717, 1.165) is 5.39 Å². The molecule has 1 saturated heterocycles. The first kappa shape index (κ1) is 23.7. The maximum atomic E-state index is 13.1. The first-order chi connectivity index (χ1) is 16.3. The van der Waals surface area contributed by atoms with Gasteiger partial charge in [0, 0.05) is 54.7 Å². The van der Waals surface area contributed by atoms with Crippen LogP contribution in [0.25, 0.3) is 22.2 Å². The van der Waals surface area contributed by atoms with Gasteiger partial charge in [0.2, 0.25) is 5.91 Å². The van der Waals surface area contributed by atoms with Crippen LogP contribution in [0.15, 0.2) is 48.5 Å². The molecule has 2 aromatic carbocycles. The summed E-state index contributed by atoms with van der Waals surface area (Å²) in [5, 5.41) is 10.0. The lowest BCUT2D eigenvalue weighted by Gasteiger charge is -2.34. The quantitative estimate of drug-likeness (QED) is 0.536. The van der Waals surface area contributed by atoms with E-state index in [2.05, 4.69) is 4.90 Å². The molecule has 0 spiro atoms. The molecule has 8 nitrogen and oxygen atoms in total. The van der Waals surface area contributed by atoms with Gasteiger partial charge in [0.05, 0.1) is 16.2 Å². The highest BCUT2D eigenvalue weighted by Gasteiger charge is 2.22. The number of benzene rings is 2. The fraction of sp³-hybridized carbons (Fsp3) is 0.280. The maximum Gasteiger partial charge on any atom is 0.303 e. The van der Waals surface area contributed by atoms with Crippen LogP contribution in [0.3, 0.4) is 0 Å². The smallest absolute Gasteiger partial charge is 0.303 e. The third-order valence-corrected chi connectivity index (χ3v) is 6.29. The molecule has 0 aliphatic carbocycles. The number of amides is 2. The van der Waals surface area contributed by atoms with E-state index in [4.69, 9.17) is 27.4 Å². The van der Waals surface area contributed by atoms with Crippen molar-refractivity contribution < 1.29 is 19.5 Å². The minimum atomic E-state index is -0.789. The Morgan fingerprint density at radius 2 is 1.76 bits per heavy atom. The lowest BCUT2D eigenvalue weighted by Crippen LogP contribution is -2.48. The molecule has 2 heterocycles. The van der Waals surface area contributed by atoms with Crippen molar-refractivity contribution in [1.82, 2.24) is 14.8 Å². The molecule has 0 radical (unpaired) electrons. The number of piperazine rings is 1. The zero-order valence-electron chi connectivity index (χ0n) is 18.5. The van der Waals surface area contributed by atoms with Gasteiger partial charge in [-0.1, -0.05) is 29.8 Å². The van der Waals surface area contributed by atoms with Gasteiger partial charge in [-0.2, -0.15) is 0 Å². The average molecular weight is 481 g/mol. The Balaban J connectivity index is 1.52. The number of aromatic nitrogens is 1. The summed E-state index contributed by atoms with van der Waals surface area (Å²) in [6.07, 6.45) is 0.756. The zero-order chi connectivity index (χ0) is 24.2. The fourth-order valence-electron chi connectivity index (χ4n) is 4.11. The Kier molecular flexibility index (Phi) is 7.09. The molecule has 3 aromatic rings. The number of nitrogens with zero attached hydrogens (tertiary/aromatic N) is 3. The Morgan fingerprint density at radius 1 is 1.00 bits per heavy atom. The van der Waals surface area contributed by atoms with Crippen molar-refractivity contribution in [3.8, 4) is 11.3 Å². The van der Waals surface area contributed by atoms with E-state index in [1.165, 1.54) is 0 Å². The molecule has 0 bridgehead atoms. The van der Waals surface area contributed by atoms with Gasteiger partial charge in [-0.05, 0) is 43.3 Å². The van der Waals surface area contributed by atoms with Gasteiger partial charge in [0.15, 0.2) is 0 Å². The standard InChI is InChI=1S/C25H25ClN4O4/c26-20-15-21(16-3-1-4-17(13-16)24(27)33)28-22-14-18(6-7-19(20)22)25(34)30-11-9-29(10-12-30)8-2-5-23(31)32/h1,3-4,6-7,13-15H,2,5,8-12H2,(H2,27,33)(H,31,32). The summed E-state index contributed by atoms with van der Waals surface area (Å²) >= 11 is 6.50. The lowest BCUT2D eigenvalue weighted by molar-refractivity contribution is -0.137. The number of hydrogen-bond acceptors (Lipinski definition) is 5. The number of carboxylic acid groups (broad SMARTS) is 1. The number of carbonyl (C=O) groups excluding carboxylic acids is 2. The largest absolute Gasteiger partial charge is 0.481 e. The van der Waals surface area contributed by atoms with Crippen LogP contribution in [0.1, 0.15) is 33.6 Å². The molecule has 2 amide bonds. The van der Waals surface area contributed by atoms with Crippen LogP contribution < -0.4 is 5.73 Å². The normalized spacial score (nSPS) is 14.3. The van der Waals surface area contributed by atoms with Crippen LogP contribution in [0.2, 0.25) is 5.02 Å². The summed E-state index contributed by atoms with van der Waals surface area (Å²) in [6, 6.07) is 13.9. The van der Waals surface area contributed by atoms with Crippen LogP contribution in [0.5, 0.6) is 0 Å². The molecule has 34 heavy (non-hydrogen) atoms. The number of hydrogen-bond donors (Lipinski definition) is 2. The van der Waals surface area contributed by atoms with Crippen LogP contribution >= 0.6 is 11.6 Å².